The molecule has 1 aromatic rings. The lowest BCUT2D eigenvalue weighted by molar-refractivity contribution is -0.136. The van der Waals surface area contributed by atoms with E-state index in [0.717, 1.165) is 21.2 Å². The van der Waals surface area contributed by atoms with E-state index < -0.39 is 27.9 Å². The summed E-state index contributed by atoms with van der Waals surface area (Å²) in [5, 5.41) is 2.11. The summed E-state index contributed by atoms with van der Waals surface area (Å²) in [7, 11) is -3.84. The second-order valence-corrected chi connectivity index (χ2v) is 8.65. The molecule has 0 aliphatic carbocycles. The molecule has 19 heavy (non-hydrogen) atoms. The molecule has 1 aromatic heterocycles. The van der Waals surface area contributed by atoms with Gasteiger partial charge in [0, 0.05) is 0 Å². The molecule has 1 saturated heterocycles. The average Bonchev–Trinajstić information content (AvgIpc) is 2.65. The van der Waals surface area contributed by atoms with E-state index in [9.17, 15) is 18.0 Å². The third kappa shape index (κ3) is 2.60. The third-order valence-electron chi connectivity index (χ3n) is 2.77. The lowest BCUT2D eigenvalue weighted by atomic mass is 10.2. The van der Waals surface area contributed by atoms with E-state index in [1.54, 1.807) is 6.92 Å². The molecule has 6 nitrogen and oxygen atoms in total. The Balaban J connectivity index is 2.43. The molecule has 1 N–H and O–H groups in total. The minimum Gasteiger partial charge on any atom is -0.294 e. The van der Waals surface area contributed by atoms with Crippen LogP contribution in [-0.4, -0.2) is 37.1 Å². The average molecular weight is 367 g/mol. The molecule has 2 amide bonds. The van der Waals surface area contributed by atoms with E-state index >= 15 is 0 Å². The lowest BCUT2D eigenvalue weighted by Gasteiger charge is -2.30. The minimum atomic E-state index is -3.84. The smallest absolute Gasteiger partial charge is 0.253 e. The number of rotatable bonds is 2. The Morgan fingerprint density at radius 3 is 2.63 bits per heavy atom. The van der Waals surface area contributed by atoms with Gasteiger partial charge in [0.05, 0.1) is 10.3 Å². The number of carbonyl (C=O) groups is 2. The molecule has 1 fully saturated rings. The number of imide groups is 1. The van der Waals surface area contributed by atoms with Crippen LogP contribution in [0.2, 0.25) is 0 Å². The summed E-state index contributed by atoms with van der Waals surface area (Å²) in [6.07, 6.45) is 0. The molecule has 0 radical (unpaired) electrons. The number of sulfonamides is 1. The van der Waals surface area contributed by atoms with Crippen molar-refractivity contribution in [2.75, 3.05) is 6.54 Å². The normalized spacial score (nSPS) is 21.5. The first kappa shape index (κ1) is 14.6. The van der Waals surface area contributed by atoms with Gasteiger partial charge in [0.1, 0.15) is 10.3 Å². The van der Waals surface area contributed by atoms with Crippen molar-refractivity contribution < 1.29 is 18.0 Å². The van der Waals surface area contributed by atoms with E-state index in [-0.39, 0.29) is 10.8 Å². The van der Waals surface area contributed by atoms with Gasteiger partial charge in [-0.05, 0) is 41.4 Å². The molecule has 104 valence electrons. The van der Waals surface area contributed by atoms with Crippen LogP contribution in [0.3, 0.4) is 0 Å². The number of thiophene rings is 1. The van der Waals surface area contributed by atoms with E-state index in [1.807, 2.05) is 0 Å². The quantitative estimate of drug-likeness (QED) is 0.786. The van der Waals surface area contributed by atoms with Crippen LogP contribution in [0.25, 0.3) is 0 Å². The molecule has 0 aromatic carbocycles. The highest BCUT2D eigenvalue weighted by atomic mass is 79.9. The van der Waals surface area contributed by atoms with Crippen LogP contribution >= 0.6 is 27.3 Å². The fraction of sp³-hybridized carbons (Fsp3) is 0.400. The first-order chi connectivity index (χ1) is 8.73. The zero-order chi connectivity index (χ0) is 14.4. The Bertz CT molecular complexity index is 633. The summed E-state index contributed by atoms with van der Waals surface area (Å²) in [4.78, 5) is 22.9. The second-order valence-electron chi connectivity index (χ2n) is 4.16. The van der Waals surface area contributed by atoms with Crippen LogP contribution in [0, 0.1) is 6.92 Å². The second kappa shape index (κ2) is 4.97. The Morgan fingerprint density at radius 1 is 1.47 bits per heavy atom. The number of amides is 2. The van der Waals surface area contributed by atoms with E-state index in [0.29, 0.717) is 3.79 Å². The fourth-order valence-electron chi connectivity index (χ4n) is 1.66. The SMILES string of the molecule is Cc1cc(S(=O)(=O)N2CC(=O)NC(=O)C2C)sc1Br. The van der Waals surface area contributed by atoms with Crippen LogP contribution < -0.4 is 5.32 Å². The van der Waals surface area contributed by atoms with Gasteiger partial charge in [0.25, 0.3) is 10.0 Å². The Hall–Kier alpha value is -0.770. The number of nitrogens with one attached hydrogen (secondary N) is 1. The maximum absolute atomic E-state index is 12.4. The summed E-state index contributed by atoms with van der Waals surface area (Å²) in [5.74, 6) is -1.22. The molecule has 0 spiro atoms. The van der Waals surface area contributed by atoms with Gasteiger partial charge in [0.15, 0.2) is 0 Å². The standard InChI is InChI=1S/C10H11BrN2O4S2/c1-5-3-8(18-9(5)11)19(16,17)13-4-7(14)12-10(15)6(13)2/h3,6H,4H2,1-2H3,(H,12,14,15). The van der Waals surface area contributed by atoms with Crippen LogP contribution in [0.15, 0.2) is 14.1 Å². The van der Waals surface area contributed by atoms with Gasteiger partial charge < -0.3 is 0 Å². The number of nitrogens with zero attached hydrogens (tertiary/aromatic N) is 1. The highest BCUT2D eigenvalue weighted by Gasteiger charge is 2.39. The molecular formula is C10H11BrN2O4S2. The molecule has 0 saturated carbocycles. The maximum atomic E-state index is 12.4. The lowest BCUT2D eigenvalue weighted by Crippen LogP contribution is -2.58. The molecular weight excluding hydrogens is 356 g/mol. The van der Waals surface area contributed by atoms with E-state index in [4.69, 9.17) is 0 Å². The van der Waals surface area contributed by atoms with Crippen LogP contribution in [0.4, 0.5) is 0 Å². The maximum Gasteiger partial charge on any atom is 0.253 e. The third-order valence-corrected chi connectivity index (χ3v) is 7.27. The molecule has 1 aliphatic heterocycles. The van der Waals surface area contributed by atoms with Gasteiger partial charge in [-0.3, -0.25) is 14.9 Å². The number of halogens is 1. The molecule has 2 rings (SSSR count). The zero-order valence-electron chi connectivity index (χ0n) is 10.1. The van der Waals surface area contributed by atoms with Gasteiger partial charge in [-0.15, -0.1) is 11.3 Å². The van der Waals surface area contributed by atoms with Crippen molar-refractivity contribution in [3.8, 4) is 0 Å². The largest absolute Gasteiger partial charge is 0.294 e. The molecule has 2 heterocycles. The van der Waals surface area contributed by atoms with Crippen LogP contribution in [0.1, 0.15) is 12.5 Å². The summed E-state index contributed by atoms with van der Waals surface area (Å²) < 4.78 is 26.6. The van der Waals surface area contributed by atoms with Gasteiger partial charge in [0.2, 0.25) is 11.8 Å². The van der Waals surface area contributed by atoms with E-state index in [2.05, 4.69) is 21.2 Å². The number of hydrogen-bond donors (Lipinski definition) is 1. The number of carbonyl (C=O) groups excluding carboxylic acids is 2. The zero-order valence-corrected chi connectivity index (χ0v) is 13.4. The summed E-state index contributed by atoms with van der Waals surface area (Å²) in [6, 6.07) is 0.622. The predicted octanol–water partition coefficient (Wildman–Crippen LogP) is 0.855. The first-order valence-corrected chi connectivity index (χ1v) is 8.40. The van der Waals surface area contributed by atoms with Gasteiger partial charge in [-0.2, -0.15) is 4.31 Å². The van der Waals surface area contributed by atoms with Crippen molar-refractivity contribution in [2.24, 2.45) is 0 Å². The summed E-state index contributed by atoms with van der Waals surface area (Å²) >= 11 is 4.32. The summed E-state index contributed by atoms with van der Waals surface area (Å²) in [6.45, 7) is 2.88. The van der Waals surface area contributed by atoms with Crippen molar-refractivity contribution in [1.82, 2.24) is 9.62 Å². The Kier molecular flexibility index (Phi) is 3.83. The molecule has 0 bridgehead atoms. The Morgan fingerprint density at radius 2 is 2.11 bits per heavy atom. The van der Waals surface area contributed by atoms with Crippen molar-refractivity contribution in [2.45, 2.75) is 24.1 Å². The highest BCUT2D eigenvalue weighted by molar-refractivity contribution is 9.11. The van der Waals surface area contributed by atoms with Gasteiger partial charge in [-0.1, -0.05) is 0 Å². The monoisotopic (exact) mass is 366 g/mol. The summed E-state index contributed by atoms with van der Waals surface area (Å²) in [5.41, 5.74) is 0.795. The highest BCUT2D eigenvalue weighted by Crippen LogP contribution is 2.33. The topological polar surface area (TPSA) is 83.6 Å². The molecule has 1 unspecified atom stereocenters. The first-order valence-electron chi connectivity index (χ1n) is 5.35. The van der Waals surface area contributed by atoms with Crippen LogP contribution in [-0.2, 0) is 19.6 Å². The van der Waals surface area contributed by atoms with Gasteiger partial charge >= 0.3 is 0 Å². The van der Waals surface area contributed by atoms with Crippen molar-refractivity contribution in [3.63, 3.8) is 0 Å². The number of piperazine rings is 1. The molecule has 1 aliphatic rings. The minimum absolute atomic E-state index is 0.117. The number of hydrogen-bond acceptors (Lipinski definition) is 5. The van der Waals surface area contributed by atoms with Crippen LogP contribution in [0.5, 0.6) is 0 Å². The fourth-order valence-corrected chi connectivity index (χ4v) is 5.56. The van der Waals surface area contributed by atoms with Gasteiger partial charge in [-0.25, -0.2) is 8.42 Å². The number of aryl methyl sites for hydroxylation is 1. The molecule has 1 atom stereocenters. The van der Waals surface area contributed by atoms with Crippen molar-refractivity contribution in [3.05, 3.63) is 15.4 Å². The van der Waals surface area contributed by atoms with Crippen molar-refractivity contribution >= 4 is 49.1 Å². The van der Waals surface area contributed by atoms with Crippen molar-refractivity contribution in [1.29, 1.82) is 0 Å². The van der Waals surface area contributed by atoms with E-state index in [1.165, 1.54) is 13.0 Å². The molecule has 9 heteroatoms. The Labute approximate surface area is 123 Å². The predicted molar refractivity (Wildman–Crippen MR) is 73.3 cm³/mol.